The minimum absolute atomic E-state index is 0.648. The lowest BCUT2D eigenvalue weighted by atomic mass is 9.84. The molecule has 0 aromatic rings. The fraction of sp³-hybridized carbons (Fsp3) is 1.00. The van der Waals surface area contributed by atoms with E-state index < -0.39 is 73.9 Å². The van der Waals surface area contributed by atoms with Gasteiger partial charge in [-0.3, -0.25) is 0 Å². The van der Waals surface area contributed by atoms with Gasteiger partial charge in [0.2, 0.25) is 0 Å². The van der Waals surface area contributed by atoms with E-state index in [-0.39, 0.29) is 0 Å². The van der Waals surface area contributed by atoms with E-state index in [0.29, 0.717) is 0 Å². The summed E-state index contributed by atoms with van der Waals surface area (Å²) in [7, 11) is 0. The van der Waals surface area contributed by atoms with Gasteiger partial charge in [0.1, 0.15) is 54.9 Å². The Balaban J connectivity index is 2.13. The van der Waals surface area contributed by atoms with E-state index in [1.165, 1.54) is 0 Å². The van der Waals surface area contributed by atoms with E-state index in [9.17, 15) is 35.7 Å². The maximum absolute atomic E-state index is 9.89. The second-order valence-corrected chi connectivity index (χ2v) is 5.84. The molecule has 1 aliphatic carbocycles. The lowest BCUT2D eigenvalue weighted by molar-refractivity contribution is -0.316. The van der Waals surface area contributed by atoms with Gasteiger partial charge in [-0.25, -0.2) is 0 Å². The lowest BCUT2D eigenvalue weighted by Crippen LogP contribution is -2.68. The lowest BCUT2D eigenvalue weighted by Gasteiger charge is -2.46. The number of ether oxygens (including phenoxy) is 2. The first-order valence-corrected chi connectivity index (χ1v) is 7.14. The fourth-order valence-corrected chi connectivity index (χ4v) is 2.74. The normalized spacial score (nSPS) is 54.9. The Kier molecular flexibility index (Phi) is 5.92. The molecule has 1 saturated heterocycles. The summed E-state index contributed by atoms with van der Waals surface area (Å²) in [5.74, 6) is 0. The number of nitrogens with two attached hydrogens (primary N) is 1. The van der Waals surface area contributed by atoms with Crippen molar-refractivity contribution in [3.8, 4) is 0 Å². The molecule has 1 heterocycles. The molecule has 2 aliphatic rings. The Labute approximate surface area is 131 Å². The predicted octanol–water partition coefficient (Wildman–Crippen LogP) is -6.04. The minimum Gasteiger partial charge on any atom is -0.394 e. The Bertz CT molecular complexity index is 382. The Morgan fingerprint density at radius 2 is 1.22 bits per heavy atom. The third-order valence-electron chi connectivity index (χ3n) is 4.29. The molecular formula is C12H23NO10. The van der Waals surface area contributed by atoms with Crippen LogP contribution in [0.15, 0.2) is 0 Å². The molecule has 11 atom stereocenters. The van der Waals surface area contributed by atoms with Crippen molar-refractivity contribution in [2.45, 2.75) is 67.3 Å². The highest BCUT2D eigenvalue weighted by molar-refractivity contribution is 5.00. The molecule has 0 radical (unpaired) electrons. The molecule has 1 aliphatic heterocycles. The highest BCUT2D eigenvalue weighted by Crippen LogP contribution is 2.28. The molecule has 0 aromatic heterocycles. The summed E-state index contributed by atoms with van der Waals surface area (Å²) in [4.78, 5) is 0. The average molecular weight is 341 g/mol. The number of aliphatic hydroxyl groups excluding tert-OH is 8. The summed E-state index contributed by atoms with van der Waals surface area (Å²) in [6, 6.07) is -1.28. The standard InChI is InChI=1S/C12H23NO10/c13-3-5(16)4(15)2(1-14)22-12(3)23-11-9(20)7(18)6(17)8(19)10(11)21/h2-12,14-21H,1,13H2/t2-,3-,4-,5-,6-,7-,8+,9-,10-,11+,12+/m1/s1. The van der Waals surface area contributed by atoms with Crippen molar-refractivity contribution in [3.63, 3.8) is 0 Å². The van der Waals surface area contributed by atoms with Gasteiger partial charge in [-0.05, 0) is 0 Å². The van der Waals surface area contributed by atoms with Crippen LogP contribution in [-0.4, -0.2) is 115 Å². The first-order chi connectivity index (χ1) is 10.7. The monoisotopic (exact) mass is 341 g/mol. The number of hydrogen-bond acceptors (Lipinski definition) is 11. The van der Waals surface area contributed by atoms with Crippen LogP contribution in [0, 0.1) is 0 Å². The molecule has 0 amide bonds. The predicted molar refractivity (Wildman–Crippen MR) is 70.6 cm³/mol. The number of hydrogen-bond donors (Lipinski definition) is 9. The average Bonchev–Trinajstić information content (AvgIpc) is 2.54. The zero-order valence-electron chi connectivity index (χ0n) is 12.0. The maximum atomic E-state index is 9.89. The maximum Gasteiger partial charge on any atom is 0.176 e. The molecule has 136 valence electrons. The quantitative estimate of drug-likeness (QED) is 0.236. The van der Waals surface area contributed by atoms with Crippen LogP contribution in [0.3, 0.4) is 0 Å². The summed E-state index contributed by atoms with van der Waals surface area (Å²) >= 11 is 0. The van der Waals surface area contributed by atoms with Crippen molar-refractivity contribution >= 4 is 0 Å². The topological polar surface area (TPSA) is 206 Å². The van der Waals surface area contributed by atoms with Gasteiger partial charge in [0.05, 0.1) is 12.6 Å². The van der Waals surface area contributed by atoms with Crippen LogP contribution in [0.1, 0.15) is 0 Å². The molecule has 0 unspecified atom stereocenters. The van der Waals surface area contributed by atoms with Gasteiger partial charge in [-0.15, -0.1) is 0 Å². The molecule has 1 saturated carbocycles. The Hall–Kier alpha value is -0.440. The smallest absolute Gasteiger partial charge is 0.176 e. The zero-order valence-corrected chi connectivity index (χ0v) is 12.0. The van der Waals surface area contributed by atoms with Gasteiger partial charge < -0.3 is 56.1 Å². The van der Waals surface area contributed by atoms with Crippen LogP contribution < -0.4 is 5.73 Å². The number of aliphatic hydroxyl groups is 8. The molecule has 10 N–H and O–H groups in total. The molecule has 0 spiro atoms. The van der Waals surface area contributed by atoms with Gasteiger partial charge in [-0.1, -0.05) is 0 Å². The van der Waals surface area contributed by atoms with E-state index >= 15 is 0 Å². The number of rotatable bonds is 3. The van der Waals surface area contributed by atoms with E-state index in [1.54, 1.807) is 0 Å². The van der Waals surface area contributed by atoms with Crippen LogP contribution in [0.25, 0.3) is 0 Å². The van der Waals surface area contributed by atoms with Crippen molar-refractivity contribution in [2.75, 3.05) is 6.61 Å². The molecule has 11 nitrogen and oxygen atoms in total. The van der Waals surface area contributed by atoms with Gasteiger partial charge in [0.25, 0.3) is 0 Å². The highest BCUT2D eigenvalue weighted by atomic mass is 16.7. The molecular weight excluding hydrogens is 318 g/mol. The second kappa shape index (κ2) is 7.21. The molecule has 0 aromatic carbocycles. The van der Waals surface area contributed by atoms with Crippen LogP contribution in [-0.2, 0) is 9.47 Å². The third kappa shape index (κ3) is 3.36. The summed E-state index contributed by atoms with van der Waals surface area (Å²) in [5.41, 5.74) is 5.66. The van der Waals surface area contributed by atoms with Crippen LogP contribution in [0.4, 0.5) is 0 Å². The van der Waals surface area contributed by atoms with Gasteiger partial charge in [-0.2, -0.15) is 0 Å². The fourth-order valence-electron chi connectivity index (χ4n) is 2.74. The summed E-state index contributed by atoms with van der Waals surface area (Å²) in [6.45, 7) is -0.648. The van der Waals surface area contributed by atoms with Crippen molar-refractivity contribution < 1.29 is 50.3 Å². The molecule has 11 heteroatoms. The Morgan fingerprint density at radius 1 is 0.739 bits per heavy atom. The zero-order chi connectivity index (χ0) is 17.5. The molecule has 23 heavy (non-hydrogen) atoms. The largest absolute Gasteiger partial charge is 0.394 e. The summed E-state index contributed by atoms with van der Waals surface area (Å²) < 4.78 is 10.4. The van der Waals surface area contributed by atoms with Gasteiger partial charge in [0, 0.05) is 0 Å². The van der Waals surface area contributed by atoms with Crippen molar-refractivity contribution in [1.82, 2.24) is 0 Å². The van der Waals surface area contributed by atoms with E-state index in [0.717, 1.165) is 0 Å². The molecule has 0 bridgehead atoms. The van der Waals surface area contributed by atoms with E-state index in [2.05, 4.69) is 0 Å². The highest BCUT2D eigenvalue weighted by Gasteiger charge is 2.52. The first kappa shape index (κ1) is 18.9. The SMILES string of the molecule is N[C@H]1[C@H](O[C@H]2[C@H](O)[C@H](O)[C@@H](O)[C@H](O)[C@H]2O)O[C@H](CO)[C@@H](O)[C@@H]1O. The van der Waals surface area contributed by atoms with Gasteiger partial charge in [0.15, 0.2) is 6.29 Å². The van der Waals surface area contributed by atoms with Crippen molar-refractivity contribution in [3.05, 3.63) is 0 Å². The van der Waals surface area contributed by atoms with Gasteiger partial charge >= 0.3 is 0 Å². The third-order valence-corrected chi connectivity index (χ3v) is 4.29. The summed E-state index contributed by atoms with van der Waals surface area (Å²) in [6.07, 6.45) is -16.1. The van der Waals surface area contributed by atoms with E-state index in [4.69, 9.17) is 20.3 Å². The van der Waals surface area contributed by atoms with Crippen LogP contribution >= 0.6 is 0 Å². The van der Waals surface area contributed by atoms with Crippen molar-refractivity contribution in [1.29, 1.82) is 0 Å². The van der Waals surface area contributed by atoms with Crippen LogP contribution in [0.2, 0.25) is 0 Å². The Morgan fingerprint density at radius 3 is 1.70 bits per heavy atom. The van der Waals surface area contributed by atoms with Crippen molar-refractivity contribution in [2.24, 2.45) is 5.73 Å². The van der Waals surface area contributed by atoms with Crippen LogP contribution in [0.5, 0.6) is 0 Å². The second-order valence-electron chi connectivity index (χ2n) is 5.84. The summed E-state index contributed by atoms with van der Waals surface area (Å²) in [5, 5.41) is 77.1. The molecule has 2 fully saturated rings. The molecule has 2 rings (SSSR count). The minimum atomic E-state index is -1.79. The van der Waals surface area contributed by atoms with E-state index in [1.807, 2.05) is 0 Å². The first-order valence-electron chi connectivity index (χ1n) is 7.14.